The first-order valence-electron chi connectivity index (χ1n) is 8.72. The summed E-state index contributed by atoms with van der Waals surface area (Å²) in [7, 11) is 0. The number of rotatable bonds is 7. The molecule has 142 valence electrons. The van der Waals surface area contributed by atoms with Gasteiger partial charge in [0, 0.05) is 29.4 Å². The van der Waals surface area contributed by atoms with Crippen molar-refractivity contribution >= 4 is 35.1 Å². The lowest BCUT2D eigenvalue weighted by Crippen LogP contribution is -2.01. The Labute approximate surface area is 176 Å². The first-order chi connectivity index (χ1) is 13.8. The monoisotopic (exact) mass is 426 g/mol. The van der Waals surface area contributed by atoms with Crippen LogP contribution < -0.4 is 0 Å². The average molecular weight is 427 g/mol. The highest BCUT2D eigenvalue weighted by atomic mass is 32.2. The molecular formula is C19H18N6S3. The van der Waals surface area contributed by atoms with Crippen LogP contribution in [0.1, 0.15) is 12.5 Å². The third kappa shape index (κ3) is 3.96. The molecule has 0 N–H and O–H groups in total. The van der Waals surface area contributed by atoms with Crippen molar-refractivity contribution in [2.24, 2.45) is 0 Å². The molecule has 0 aliphatic heterocycles. The molecule has 0 bridgehead atoms. The minimum absolute atomic E-state index is 0.809. The van der Waals surface area contributed by atoms with Crippen molar-refractivity contribution in [3.05, 3.63) is 53.5 Å². The number of aromatic nitrogens is 6. The van der Waals surface area contributed by atoms with Crippen molar-refractivity contribution in [3.8, 4) is 22.6 Å². The van der Waals surface area contributed by atoms with Gasteiger partial charge in [-0.15, -0.1) is 27.1 Å². The van der Waals surface area contributed by atoms with Crippen LogP contribution in [0.15, 0.2) is 58.2 Å². The van der Waals surface area contributed by atoms with Crippen LogP contribution in [0.5, 0.6) is 0 Å². The number of hydrogen-bond donors (Lipinski definition) is 0. The van der Waals surface area contributed by atoms with Gasteiger partial charge in [-0.1, -0.05) is 40.5 Å². The highest BCUT2D eigenvalue weighted by molar-refractivity contribution is 7.98. The molecule has 3 aromatic heterocycles. The third-order valence-electron chi connectivity index (χ3n) is 4.22. The Bertz CT molecular complexity index is 1040. The molecule has 0 spiro atoms. The van der Waals surface area contributed by atoms with Crippen LogP contribution in [-0.2, 0) is 12.3 Å². The lowest BCUT2D eigenvalue weighted by molar-refractivity contribution is 0.686. The summed E-state index contributed by atoms with van der Waals surface area (Å²) in [6, 6.07) is 12.4. The van der Waals surface area contributed by atoms with E-state index in [1.54, 1.807) is 23.5 Å². The molecule has 28 heavy (non-hydrogen) atoms. The summed E-state index contributed by atoms with van der Waals surface area (Å²) in [5.74, 6) is 1.70. The Morgan fingerprint density at radius 1 is 1.07 bits per heavy atom. The van der Waals surface area contributed by atoms with Gasteiger partial charge in [-0.3, -0.25) is 0 Å². The minimum Gasteiger partial charge on any atom is -0.302 e. The summed E-state index contributed by atoms with van der Waals surface area (Å²) in [5.41, 5.74) is 4.26. The molecule has 0 unspecified atom stereocenters. The van der Waals surface area contributed by atoms with Crippen LogP contribution >= 0.6 is 35.1 Å². The van der Waals surface area contributed by atoms with Crippen LogP contribution in [-0.4, -0.2) is 35.6 Å². The van der Waals surface area contributed by atoms with E-state index in [1.807, 2.05) is 23.9 Å². The fourth-order valence-electron chi connectivity index (χ4n) is 2.81. The van der Waals surface area contributed by atoms with Gasteiger partial charge < -0.3 is 4.57 Å². The Kier molecular flexibility index (Phi) is 6.04. The Morgan fingerprint density at radius 3 is 2.64 bits per heavy atom. The Morgan fingerprint density at radius 2 is 1.93 bits per heavy atom. The van der Waals surface area contributed by atoms with Gasteiger partial charge in [-0.25, -0.2) is 4.98 Å². The topological polar surface area (TPSA) is 69.4 Å². The second-order valence-corrected chi connectivity index (χ2v) is 8.23. The summed E-state index contributed by atoms with van der Waals surface area (Å²) in [5, 5.41) is 16.8. The van der Waals surface area contributed by atoms with Gasteiger partial charge in [-0.05, 0) is 42.4 Å². The van der Waals surface area contributed by atoms with E-state index < -0.39 is 0 Å². The van der Waals surface area contributed by atoms with Crippen molar-refractivity contribution in [1.29, 1.82) is 0 Å². The number of hydrogen-bond acceptors (Lipinski definition) is 8. The lowest BCUT2D eigenvalue weighted by Gasteiger charge is -2.09. The molecule has 1 aromatic carbocycles. The normalized spacial score (nSPS) is 11.1. The number of benzene rings is 1. The standard InChI is InChI=1S/C19H18N6S3/c1-3-25-17(15-5-4-10-20-18(15)26-2)22-23-19(25)27-11-13-6-8-14(9-7-13)16-12-28-24-21-16/h4-10,12H,3,11H2,1-2H3. The molecule has 0 radical (unpaired) electrons. The Hall–Kier alpha value is -2.23. The first kappa shape index (κ1) is 19.1. The lowest BCUT2D eigenvalue weighted by atomic mass is 10.1. The zero-order valence-corrected chi connectivity index (χ0v) is 17.9. The van der Waals surface area contributed by atoms with Gasteiger partial charge in [0.15, 0.2) is 11.0 Å². The van der Waals surface area contributed by atoms with Crippen molar-refractivity contribution in [2.75, 3.05) is 6.26 Å². The molecule has 0 atom stereocenters. The van der Waals surface area contributed by atoms with Gasteiger partial charge >= 0.3 is 0 Å². The predicted molar refractivity (Wildman–Crippen MR) is 116 cm³/mol. The van der Waals surface area contributed by atoms with Gasteiger partial charge in [-0.2, -0.15) is 0 Å². The van der Waals surface area contributed by atoms with Gasteiger partial charge in [0.2, 0.25) is 0 Å². The maximum Gasteiger partial charge on any atom is 0.191 e. The Balaban J connectivity index is 1.52. The maximum absolute atomic E-state index is 4.45. The van der Waals surface area contributed by atoms with E-state index in [0.717, 1.165) is 45.1 Å². The molecule has 4 aromatic rings. The van der Waals surface area contributed by atoms with E-state index in [-0.39, 0.29) is 0 Å². The van der Waals surface area contributed by atoms with E-state index in [2.05, 4.69) is 66.6 Å². The maximum atomic E-state index is 4.45. The summed E-state index contributed by atoms with van der Waals surface area (Å²) < 4.78 is 6.07. The largest absolute Gasteiger partial charge is 0.302 e. The molecule has 6 nitrogen and oxygen atoms in total. The molecule has 0 amide bonds. The third-order valence-corrected chi connectivity index (χ3v) is 6.47. The van der Waals surface area contributed by atoms with E-state index in [0.29, 0.717) is 0 Å². The number of nitrogens with zero attached hydrogens (tertiary/aromatic N) is 6. The van der Waals surface area contributed by atoms with Crippen LogP contribution in [0.25, 0.3) is 22.6 Å². The molecule has 0 fully saturated rings. The van der Waals surface area contributed by atoms with Crippen LogP contribution in [0.3, 0.4) is 0 Å². The summed E-state index contributed by atoms with van der Waals surface area (Å²) in [4.78, 5) is 4.45. The van der Waals surface area contributed by atoms with E-state index in [1.165, 1.54) is 17.1 Å². The fraction of sp³-hybridized carbons (Fsp3) is 0.211. The molecule has 0 saturated carbocycles. The zero-order chi connectivity index (χ0) is 19.3. The molecule has 0 aliphatic rings. The van der Waals surface area contributed by atoms with Gasteiger partial charge in [0.25, 0.3) is 0 Å². The minimum atomic E-state index is 0.809. The SMILES string of the molecule is CCn1c(SCc2ccc(-c3csnn3)cc2)nnc1-c1cccnc1SC. The molecule has 4 rings (SSSR count). The molecule has 0 aliphatic carbocycles. The first-order valence-corrected chi connectivity index (χ1v) is 11.8. The molecule has 0 saturated heterocycles. The van der Waals surface area contributed by atoms with Crippen molar-refractivity contribution in [3.63, 3.8) is 0 Å². The fourth-order valence-corrected chi connectivity index (χ4v) is 4.78. The van der Waals surface area contributed by atoms with E-state index in [4.69, 9.17) is 0 Å². The number of thioether (sulfide) groups is 2. The average Bonchev–Trinajstić information content (AvgIpc) is 3.42. The molecular weight excluding hydrogens is 408 g/mol. The number of pyridine rings is 1. The highest BCUT2D eigenvalue weighted by Gasteiger charge is 2.16. The second kappa shape index (κ2) is 8.85. The smallest absolute Gasteiger partial charge is 0.191 e. The summed E-state index contributed by atoms with van der Waals surface area (Å²) in [6.07, 6.45) is 3.84. The summed E-state index contributed by atoms with van der Waals surface area (Å²) >= 11 is 4.68. The van der Waals surface area contributed by atoms with E-state index in [9.17, 15) is 0 Å². The molecule has 9 heteroatoms. The zero-order valence-electron chi connectivity index (χ0n) is 15.4. The van der Waals surface area contributed by atoms with Crippen molar-refractivity contribution < 1.29 is 0 Å². The van der Waals surface area contributed by atoms with Gasteiger partial charge in [0.1, 0.15) is 10.7 Å². The van der Waals surface area contributed by atoms with E-state index >= 15 is 0 Å². The van der Waals surface area contributed by atoms with Crippen molar-refractivity contribution in [1.82, 2.24) is 29.3 Å². The van der Waals surface area contributed by atoms with Crippen LogP contribution in [0.2, 0.25) is 0 Å². The van der Waals surface area contributed by atoms with Gasteiger partial charge in [0.05, 0.1) is 5.56 Å². The van der Waals surface area contributed by atoms with Crippen molar-refractivity contribution in [2.45, 2.75) is 29.4 Å². The quantitative estimate of drug-likeness (QED) is 0.390. The summed E-state index contributed by atoms with van der Waals surface area (Å²) in [6.45, 7) is 2.92. The highest BCUT2D eigenvalue weighted by Crippen LogP contribution is 2.31. The van der Waals surface area contributed by atoms with Crippen LogP contribution in [0.4, 0.5) is 0 Å². The predicted octanol–water partition coefficient (Wildman–Crippen LogP) is 4.89. The second-order valence-electron chi connectivity index (χ2n) is 5.89. The molecule has 3 heterocycles. The van der Waals surface area contributed by atoms with Crippen LogP contribution in [0, 0.1) is 0 Å².